The molecule has 0 aliphatic carbocycles. The van der Waals surface area contributed by atoms with Crippen LogP contribution in [-0.4, -0.2) is 56.2 Å². The van der Waals surface area contributed by atoms with Crippen molar-refractivity contribution < 1.29 is 0 Å². The van der Waals surface area contributed by atoms with Gasteiger partial charge in [0.15, 0.2) is 0 Å². The van der Waals surface area contributed by atoms with Crippen LogP contribution in [0.2, 0.25) is 0 Å². The van der Waals surface area contributed by atoms with Crippen molar-refractivity contribution in [1.29, 1.82) is 0 Å². The normalized spacial score (nSPS) is 16.1. The highest BCUT2D eigenvalue weighted by Crippen LogP contribution is 2.40. The highest BCUT2D eigenvalue weighted by Gasteiger charge is 2.55. The minimum Gasteiger partial charge on any atom is -0.289 e. The molecule has 0 atom stereocenters. The summed E-state index contributed by atoms with van der Waals surface area (Å²) in [6.07, 6.45) is 0. The molecule has 28 heavy (non-hydrogen) atoms. The van der Waals surface area contributed by atoms with Gasteiger partial charge < -0.3 is 0 Å². The fourth-order valence-electron chi connectivity index (χ4n) is 5.12. The Balaban J connectivity index is 7.30. The highest BCUT2D eigenvalue weighted by molar-refractivity contribution is 6.51. The molecule has 4 heteroatoms. The number of nitrogens with zero attached hydrogens (tertiary/aromatic N) is 3. The van der Waals surface area contributed by atoms with Crippen LogP contribution in [0.15, 0.2) is 0 Å². The van der Waals surface area contributed by atoms with Gasteiger partial charge in [0.25, 0.3) is 0 Å². The van der Waals surface area contributed by atoms with Crippen LogP contribution in [0.4, 0.5) is 0 Å². The van der Waals surface area contributed by atoms with Crippen molar-refractivity contribution in [2.45, 2.75) is 158 Å². The molecule has 0 aliphatic heterocycles. The fraction of sp³-hybridized carbons (Fsp3) is 1.00. The molecule has 0 heterocycles. The van der Waals surface area contributed by atoms with Crippen LogP contribution in [0.1, 0.15) is 125 Å². The number of hydrogen-bond donors (Lipinski definition) is 0. The van der Waals surface area contributed by atoms with Crippen LogP contribution >= 0.6 is 0 Å². The maximum atomic E-state index is 2.83. The lowest BCUT2D eigenvalue weighted by Crippen LogP contribution is -2.81. The van der Waals surface area contributed by atoms with E-state index in [1.165, 1.54) is 0 Å². The second-order valence-corrected chi connectivity index (χ2v) is 16.3. The van der Waals surface area contributed by atoms with Gasteiger partial charge >= 0.3 is 9.28 Å². The van der Waals surface area contributed by atoms with E-state index >= 15 is 0 Å². The first-order valence-electron chi connectivity index (χ1n) is 11.0. The Hall–Kier alpha value is 0.0969. The van der Waals surface area contributed by atoms with E-state index in [1.807, 2.05) is 0 Å². The van der Waals surface area contributed by atoms with E-state index < -0.39 is 9.28 Å². The van der Waals surface area contributed by atoms with Crippen molar-refractivity contribution >= 4 is 9.28 Å². The standard InChI is InChI=1S/C24H54N3Si/c1-19(2,3)25(20(4,5)6)28(26(21(7,8)9)22(10,11)12)27(23(13,14)15)24(16,17)18/h1-18H3. The molecule has 0 saturated carbocycles. The van der Waals surface area contributed by atoms with Crippen molar-refractivity contribution in [3.8, 4) is 0 Å². The zero-order valence-electron chi connectivity index (χ0n) is 22.8. The quantitative estimate of drug-likeness (QED) is 0.479. The Kier molecular flexibility index (Phi) is 8.01. The van der Waals surface area contributed by atoms with Crippen molar-refractivity contribution in [2.75, 3.05) is 0 Å². The van der Waals surface area contributed by atoms with E-state index in [4.69, 9.17) is 0 Å². The van der Waals surface area contributed by atoms with Crippen LogP contribution in [0.25, 0.3) is 0 Å². The molecule has 0 aromatic carbocycles. The largest absolute Gasteiger partial charge is 0.330 e. The molecule has 1 radical (unpaired) electrons. The minimum atomic E-state index is -1.30. The second-order valence-electron chi connectivity index (χ2n) is 14.3. The number of rotatable bonds is 3. The monoisotopic (exact) mass is 412 g/mol. The maximum absolute atomic E-state index is 2.83. The summed E-state index contributed by atoms with van der Waals surface area (Å²) in [5.74, 6) is 0. The molecule has 0 aromatic heterocycles. The first-order valence-corrected chi connectivity index (χ1v) is 12.4. The van der Waals surface area contributed by atoms with E-state index in [0.29, 0.717) is 0 Å². The highest BCUT2D eigenvalue weighted by atomic mass is 28.3. The second kappa shape index (κ2) is 7.98. The van der Waals surface area contributed by atoms with E-state index in [1.54, 1.807) is 0 Å². The van der Waals surface area contributed by atoms with Crippen LogP contribution in [-0.2, 0) is 0 Å². The minimum absolute atomic E-state index is 0.0516. The molecule has 0 saturated heterocycles. The van der Waals surface area contributed by atoms with Gasteiger partial charge in [-0.3, -0.25) is 13.7 Å². The summed E-state index contributed by atoms with van der Waals surface area (Å²) < 4.78 is 8.49. The van der Waals surface area contributed by atoms with Gasteiger partial charge in [-0.15, -0.1) is 0 Å². The first-order chi connectivity index (χ1) is 11.7. The summed E-state index contributed by atoms with van der Waals surface area (Å²) in [6, 6.07) is 0. The summed E-state index contributed by atoms with van der Waals surface area (Å²) in [4.78, 5) is 0. The average Bonchev–Trinajstić information content (AvgIpc) is 2.13. The van der Waals surface area contributed by atoms with Gasteiger partial charge in [0.1, 0.15) is 0 Å². The van der Waals surface area contributed by atoms with Gasteiger partial charge in [0, 0.05) is 33.2 Å². The third-order valence-corrected chi connectivity index (χ3v) is 9.85. The number of hydrogen-bond acceptors (Lipinski definition) is 3. The lowest BCUT2D eigenvalue weighted by atomic mass is 10.0. The van der Waals surface area contributed by atoms with E-state index in [-0.39, 0.29) is 33.2 Å². The topological polar surface area (TPSA) is 9.72 Å². The molecular formula is C24H54N3Si. The van der Waals surface area contributed by atoms with Crippen LogP contribution < -0.4 is 0 Å². The zero-order valence-corrected chi connectivity index (χ0v) is 23.8. The molecule has 0 aromatic rings. The molecule has 0 N–H and O–H groups in total. The molecule has 3 nitrogen and oxygen atoms in total. The molecular weight excluding hydrogens is 358 g/mol. The van der Waals surface area contributed by atoms with Crippen molar-refractivity contribution in [3.63, 3.8) is 0 Å². The Labute approximate surface area is 181 Å². The summed E-state index contributed by atoms with van der Waals surface area (Å²) >= 11 is 0. The smallest absolute Gasteiger partial charge is 0.289 e. The molecule has 0 rings (SSSR count). The van der Waals surface area contributed by atoms with Crippen LogP contribution in [0.3, 0.4) is 0 Å². The van der Waals surface area contributed by atoms with Gasteiger partial charge in [-0.25, -0.2) is 0 Å². The summed E-state index contributed by atoms with van der Waals surface area (Å²) in [6.45, 7) is 42.9. The third kappa shape index (κ3) is 7.11. The molecule has 0 bridgehead atoms. The Morgan fingerprint density at radius 2 is 0.393 bits per heavy atom. The molecule has 0 spiro atoms. The molecule has 0 amide bonds. The summed E-state index contributed by atoms with van der Waals surface area (Å²) in [5, 5.41) is 0. The van der Waals surface area contributed by atoms with Crippen molar-refractivity contribution in [2.24, 2.45) is 0 Å². The molecule has 169 valence electrons. The van der Waals surface area contributed by atoms with Crippen molar-refractivity contribution in [3.05, 3.63) is 0 Å². The van der Waals surface area contributed by atoms with Crippen LogP contribution in [0, 0.1) is 0 Å². The lowest BCUT2D eigenvalue weighted by Gasteiger charge is -2.64. The van der Waals surface area contributed by atoms with Crippen molar-refractivity contribution in [1.82, 2.24) is 13.7 Å². The Morgan fingerprint density at radius 1 is 0.286 bits per heavy atom. The third-order valence-electron chi connectivity index (χ3n) is 4.62. The van der Waals surface area contributed by atoms with Gasteiger partial charge in [0.2, 0.25) is 0 Å². The van der Waals surface area contributed by atoms with Gasteiger partial charge in [-0.2, -0.15) is 0 Å². The predicted octanol–water partition coefficient (Wildman–Crippen LogP) is 6.67. The molecule has 0 fully saturated rings. The van der Waals surface area contributed by atoms with Gasteiger partial charge in [-0.05, 0) is 125 Å². The Morgan fingerprint density at radius 3 is 0.464 bits per heavy atom. The SMILES string of the molecule is CC(C)(C)N([Si](N(C(C)(C)C)C(C)(C)C)N(C(C)(C)C)C(C)(C)C)C(C)(C)C. The fourth-order valence-corrected chi connectivity index (χ4v) is 9.32. The van der Waals surface area contributed by atoms with Gasteiger partial charge in [0.05, 0.1) is 0 Å². The zero-order chi connectivity index (χ0) is 23.3. The summed E-state index contributed by atoms with van der Waals surface area (Å²) in [5.41, 5.74) is 0.310. The predicted molar refractivity (Wildman–Crippen MR) is 130 cm³/mol. The van der Waals surface area contributed by atoms with Crippen LogP contribution in [0.5, 0.6) is 0 Å². The first kappa shape index (κ1) is 28.1. The average molecular weight is 413 g/mol. The maximum Gasteiger partial charge on any atom is 0.330 e. The van der Waals surface area contributed by atoms with Gasteiger partial charge in [-0.1, -0.05) is 0 Å². The lowest BCUT2D eigenvalue weighted by molar-refractivity contribution is 0.00823. The molecule has 0 aliphatic rings. The Bertz CT molecular complexity index is 381. The molecule has 0 unspecified atom stereocenters. The van der Waals surface area contributed by atoms with E-state index in [2.05, 4.69) is 138 Å². The summed E-state index contributed by atoms with van der Waals surface area (Å²) in [7, 11) is -1.30. The van der Waals surface area contributed by atoms with E-state index in [0.717, 1.165) is 0 Å². The van der Waals surface area contributed by atoms with E-state index in [9.17, 15) is 0 Å².